The molecule has 2 aliphatic heterocycles. The number of rotatable bonds is 3. The Hall–Kier alpha value is -2.67. The zero-order valence-electron chi connectivity index (χ0n) is 14.6. The van der Waals surface area contributed by atoms with Crippen LogP contribution >= 0.6 is 22.9 Å². The van der Waals surface area contributed by atoms with Crippen molar-refractivity contribution in [2.75, 3.05) is 9.96 Å². The van der Waals surface area contributed by atoms with Crippen LogP contribution < -0.4 is 9.96 Å². The van der Waals surface area contributed by atoms with Gasteiger partial charge in [0.25, 0.3) is 5.91 Å². The van der Waals surface area contributed by atoms with Crippen molar-refractivity contribution >= 4 is 46.1 Å². The number of carbonyl (C=O) groups is 2. The highest BCUT2D eigenvalue weighted by molar-refractivity contribution is 7.10. The van der Waals surface area contributed by atoms with Crippen molar-refractivity contribution in [1.29, 1.82) is 0 Å². The number of para-hydroxylation sites is 1. The standard InChI is InChI=1S/C21H15ClN2O3S/c22-13-6-4-9-15(12-13)23-20(25)17-18(16-10-5-11-28-16)24(27-19(17)21(23)26)14-7-2-1-3-8-14/h1-12,17-19H/t17-,18+,19-/m1/s1. The molecule has 0 aliphatic carbocycles. The summed E-state index contributed by atoms with van der Waals surface area (Å²) in [4.78, 5) is 34.7. The molecule has 0 spiro atoms. The van der Waals surface area contributed by atoms with Crippen LogP contribution in [0.15, 0.2) is 72.1 Å². The average molecular weight is 411 g/mol. The molecule has 0 radical (unpaired) electrons. The third-order valence-corrected chi connectivity index (χ3v) is 6.21. The second kappa shape index (κ2) is 6.74. The van der Waals surface area contributed by atoms with E-state index in [1.54, 1.807) is 40.7 Å². The van der Waals surface area contributed by atoms with Gasteiger partial charge in [-0.25, -0.2) is 9.96 Å². The molecule has 140 valence electrons. The van der Waals surface area contributed by atoms with E-state index in [9.17, 15) is 9.59 Å². The molecule has 2 fully saturated rings. The maximum Gasteiger partial charge on any atom is 0.266 e. The first-order valence-electron chi connectivity index (χ1n) is 8.83. The van der Waals surface area contributed by atoms with Gasteiger partial charge in [-0.15, -0.1) is 11.3 Å². The number of fused-ring (bicyclic) bond motifs is 1. The molecule has 2 saturated heterocycles. The lowest BCUT2D eigenvalue weighted by atomic mass is 9.95. The van der Waals surface area contributed by atoms with E-state index >= 15 is 0 Å². The van der Waals surface area contributed by atoms with Gasteiger partial charge in [0.15, 0.2) is 6.10 Å². The van der Waals surface area contributed by atoms with Crippen molar-refractivity contribution < 1.29 is 14.4 Å². The van der Waals surface area contributed by atoms with Gasteiger partial charge in [0, 0.05) is 9.90 Å². The van der Waals surface area contributed by atoms with Crippen LogP contribution in [0.1, 0.15) is 10.9 Å². The topological polar surface area (TPSA) is 49.9 Å². The summed E-state index contributed by atoms with van der Waals surface area (Å²) >= 11 is 7.61. The molecular weight excluding hydrogens is 396 g/mol. The van der Waals surface area contributed by atoms with E-state index in [1.807, 2.05) is 47.8 Å². The van der Waals surface area contributed by atoms with Gasteiger partial charge in [0.05, 0.1) is 11.4 Å². The van der Waals surface area contributed by atoms with Crippen molar-refractivity contribution in [3.63, 3.8) is 0 Å². The molecule has 0 saturated carbocycles. The number of benzene rings is 2. The lowest BCUT2D eigenvalue weighted by Gasteiger charge is -2.27. The number of hydrogen-bond donors (Lipinski definition) is 0. The smallest absolute Gasteiger partial charge is 0.266 e. The summed E-state index contributed by atoms with van der Waals surface area (Å²) in [5.41, 5.74) is 1.28. The van der Waals surface area contributed by atoms with Crippen molar-refractivity contribution in [3.05, 3.63) is 82.0 Å². The van der Waals surface area contributed by atoms with E-state index in [-0.39, 0.29) is 17.9 Å². The van der Waals surface area contributed by atoms with Crippen LogP contribution in [0.3, 0.4) is 0 Å². The number of hydrogen-bond acceptors (Lipinski definition) is 5. The molecule has 7 heteroatoms. The Morgan fingerprint density at radius 1 is 0.893 bits per heavy atom. The molecule has 5 rings (SSSR count). The van der Waals surface area contributed by atoms with Crippen LogP contribution in [0.4, 0.5) is 11.4 Å². The Labute approximate surface area is 170 Å². The summed E-state index contributed by atoms with van der Waals surface area (Å²) < 4.78 is 0. The maximum absolute atomic E-state index is 13.4. The van der Waals surface area contributed by atoms with Gasteiger partial charge in [0.2, 0.25) is 5.91 Å². The molecule has 3 aromatic rings. The second-order valence-electron chi connectivity index (χ2n) is 6.67. The summed E-state index contributed by atoms with van der Waals surface area (Å²) in [6, 6.07) is 19.8. The third kappa shape index (κ3) is 2.64. The van der Waals surface area contributed by atoms with E-state index in [0.717, 1.165) is 10.6 Å². The van der Waals surface area contributed by atoms with Crippen molar-refractivity contribution in [2.45, 2.75) is 12.1 Å². The van der Waals surface area contributed by atoms with E-state index in [2.05, 4.69) is 0 Å². The highest BCUT2D eigenvalue weighted by Crippen LogP contribution is 2.48. The maximum atomic E-state index is 13.4. The zero-order valence-corrected chi connectivity index (χ0v) is 16.1. The number of thiophene rings is 1. The third-order valence-electron chi connectivity index (χ3n) is 5.03. The SMILES string of the molecule is O=C1[C@H]2[C@@H](ON(c3ccccc3)[C@H]2c2cccs2)C(=O)N1c1cccc(Cl)c1. The Bertz CT molecular complexity index is 1040. The van der Waals surface area contributed by atoms with Crippen LogP contribution in [0.25, 0.3) is 0 Å². The number of halogens is 1. The van der Waals surface area contributed by atoms with Crippen LogP contribution in [0, 0.1) is 5.92 Å². The van der Waals surface area contributed by atoms with Gasteiger partial charge in [-0.05, 0) is 41.8 Å². The fourth-order valence-corrected chi connectivity index (χ4v) is 4.87. The fourth-order valence-electron chi connectivity index (χ4n) is 3.83. The molecule has 3 heterocycles. The van der Waals surface area contributed by atoms with Gasteiger partial charge < -0.3 is 0 Å². The Morgan fingerprint density at radius 3 is 2.39 bits per heavy atom. The molecule has 3 atom stereocenters. The van der Waals surface area contributed by atoms with Crippen molar-refractivity contribution in [3.8, 4) is 0 Å². The van der Waals surface area contributed by atoms with E-state index in [1.165, 1.54) is 4.90 Å². The van der Waals surface area contributed by atoms with Gasteiger partial charge in [-0.3, -0.25) is 14.4 Å². The zero-order chi connectivity index (χ0) is 19.3. The molecule has 0 bridgehead atoms. The van der Waals surface area contributed by atoms with Gasteiger partial charge in [0.1, 0.15) is 12.0 Å². The minimum absolute atomic E-state index is 0.269. The lowest BCUT2D eigenvalue weighted by molar-refractivity contribution is -0.126. The normalized spacial score (nSPS) is 24.1. The van der Waals surface area contributed by atoms with Gasteiger partial charge in [-0.1, -0.05) is 41.9 Å². The van der Waals surface area contributed by atoms with E-state index in [0.29, 0.717) is 10.7 Å². The average Bonchev–Trinajstić information content (AvgIpc) is 3.40. The predicted molar refractivity (Wildman–Crippen MR) is 108 cm³/mol. The predicted octanol–water partition coefficient (Wildman–Crippen LogP) is 4.45. The minimum atomic E-state index is -0.862. The largest absolute Gasteiger partial charge is 0.273 e. The lowest BCUT2D eigenvalue weighted by Crippen LogP contribution is -2.37. The van der Waals surface area contributed by atoms with E-state index < -0.39 is 12.0 Å². The van der Waals surface area contributed by atoms with Crippen LogP contribution in [0.2, 0.25) is 5.02 Å². The summed E-state index contributed by atoms with van der Waals surface area (Å²) in [7, 11) is 0. The van der Waals surface area contributed by atoms with Crippen LogP contribution in [0.5, 0.6) is 0 Å². The Balaban J connectivity index is 1.57. The molecular formula is C21H15ClN2O3S. The number of imide groups is 1. The van der Waals surface area contributed by atoms with E-state index in [4.69, 9.17) is 16.4 Å². The molecule has 2 aromatic carbocycles. The first kappa shape index (κ1) is 17.4. The number of amides is 2. The summed E-state index contributed by atoms with van der Waals surface area (Å²) in [6.07, 6.45) is -0.862. The summed E-state index contributed by atoms with van der Waals surface area (Å²) in [6.45, 7) is 0. The minimum Gasteiger partial charge on any atom is -0.273 e. The second-order valence-corrected chi connectivity index (χ2v) is 8.08. The number of nitrogens with zero attached hydrogens (tertiary/aromatic N) is 2. The quantitative estimate of drug-likeness (QED) is 0.598. The van der Waals surface area contributed by atoms with Gasteiger partial charge >= 0.3 is 0 Å². The summed E-state index contributed by atoms with van der Waals surface area (Å²) in [5, 5.41) is 4.13. The summed E-state index contributed by atoms with van der Waals surface area (Å²) in [5.74, 6) is -1.25. The van der Waals surface area contributed by atoms with Crippen LogP contribution in [-0.4, -0.2) is 17.9 Å². The Morgan fingerprint density at radius 2 is 1.68 bits per heavy atom. The highest BCUT2D eigenvalue weighted by Gasteiger charge is 2.60. The molecule has 2 aliphatic rings. The molecule has 1 aromatic heterocycles. The fraction of sp³-hybridized carbons (Fsp3) is 0.143. The van der Waals surface area contributed by atoms with Gasteiger partial charge in [-0.2, -0.15) is 0 Å². The molecule has 0 unspecified atom stereocenters. The first-order chi connectivity index (χ1) is 13.6. The Kier molecular flexibility index (Phi) is 4.19. The number of carbonyl (C=O) groups excluding carboxylic acids is 2. The van der Waals surface area contributed by atoms with Crippen LogP contribution in [-0.2, 0) is 14.4 Å². The molecule has 28 heavy (non-hydrogen) atoms. The highest BCUT2D eigenvalue weighted by atomic mass is 35.5. The molecule has 5 nitrogen and oxygen atoms in total. The first-order valence-corrected chi connectivity index (χ1v) is 10.1. The van der Waals surface area contributed by atoms with Crippen molar-refractivity contribution in [1.82, 2.24) is 0 Å². The molecule has 0 N–H and O–H groups in total. The number of anilines is 2. The molecule has 2 amide bonds. The van der Waals surface area contributed by atoms with Crippen molar-refractivity contribution in [2.24, 2.45) is 5.92 Å². The number of hydroxylamine groups is 1. The monoisotopic (exact) mass is 410 g/mol.